The van der Waals surface area contributed by atoms with Crippen LogP contribution in [0, 0.1) is 13.8 Å². The van der Waals surface area contributed by atoms with Crippen molar-refractivity contribution in [2.75, 3.05) is 26.2 Å². The van der Waals surface area contributed by atoms with Crippen molar-refractivity contribution in [3.8, 4) is 11.3 Å². The second-order valence-electron chi connectivity index (χ2n) is 7.23. The summed E-state index contributed by atoms with van der Waals surface area (Å²) in [5.41, 5.74) is 3.68. The summed E-state index contributed by atoms with van der Waals surface area (Å²) in [5, 5.41) is 0.957. The fourth-order valence-corrected chi connectivity index (χ4v) is 4.45. The predicted octanol–water partition coefficient (Wildman–Crippen LogP) is 3.55. The largest absolute Gasteiger partial charge is 0.472 e. The Morgan fingerprint density at radius 1 is 1.03 bits per heavy atom. The zero-order chi connectivity index (χ0) is 20.4. The number of hydrogen-bond donors (Lipinski definition) is 0. The molecular formula is C22H23N3O3S. The Morgan fingerprint density at radius 2 is 1.72 bits per heavy atom. The lowest BCUT2D eigenvalue weighted by Gasteiger charge is -2.34. The first-order chi connectivity index (χ1) is 14.0. The molecule has 1 aromatic carbocycles. The van der Waals surface area contributed by atoms with Crippen LogP contribution in [-0.4, -0.2) is 52.8 Å². The molecule has 7 heteroatoms. The summed E-state index contributed by atoms with van der Waals surface area (Å²) in [4.78, 5) is 34.6. The fraction of sp³-hybridized carbons (Fsp3) is 0.318. The molecule has 0 radical (unpaired) electrons. The highest BCUT2D eigenvalue weighted by Gasteiger charge is 2.26. The van der Waals surface area contributed by atoms with Gasteiger partial charge >= 0.3 is 0 Å². The van der Waals surface area contributed by atoms with Crippen molar-refractivity contribution in [3.63, 3.8) is 0 Å². The van der Waals surface area contributed by atoms with Crippen molar-refractivity contribution >= 4 is 23.2 Å². The highest BCUT2D eigenvalue weighted by atomic mass is 32.1. The third kappa shape index (κ3) is 4.24. The molecule has 0 aliphatic carbocycles. The number of thiazole rings is 1. The summed E-state index contributed by atoms with van der Waals surface area (Å²) in [5.74, 6) is 0.0306. The van der Waals surface area contributed by atoms with E-state index in [4.69, 9.17) is 4.42 Å². The second-order valence-corrected chi connectivity index (χ2v) is 8.52. The van der Waals surface area contributed by atoms with Gasteiger partial charge in [0.25, 0.3) is 5.91 Å². The molecule has 1 aliphatic heterocycles. The topological polar surface area (TPSA) is 66.7 Å². The van der Waals surface area contributed by atoms with Gasteiger partial charge in [-0.25, -0.2) is 4.98 Å². The summed E-state index contributed by atoms with van der Waals surface area (Å²) in [6, 6.07) is 9.90. The molecule has 4 rings (SSSR count). The minimum absolute atomic E-state index is 0.0504. The Kier molecular flexibility index (Phi) is 5.49. The van der Waals surface area contributed by atoms with E-state index in [0.29, 0.717) is 38.2 Å². The summed E-state index contributed by atoms with van der Waals surface area (Å²) >= 11 is 1.58. The molecular weight excluding hydrogens is 386 g/mol. The van der Waals surface area contributed by atoms with Gasteiger partial charge in [-0.1, -0.05) is 29.8 Å². The van der Waals surface area contributed by atoms with Crippen LogP contribution in [0.15, 0.2) is 47.3 Å². The highest BCUT2D eigenvalue weighted by molar-refractivity contribution is 7.12. The van der Waals surface area contributed by atoms with Crippen LogP contribution in [0.5, 0.6) is 0 Å². The first-order valence-corrected chi connectivity index (χ1v) is 10.5. The number of aryl methyl sites for hydroxylation is 2. The Bertz CT molecular complexity index is 1000. The van der Waals surface area contributed by atoms with Gasteiger partial charge < -0.3 is 14.2 Å². The van der Waals surface area contributed by atoms with E-state index in [2.05, 4.69) is 36.2 Å². The summed E-state index contributed by atoms with van der Waals surface area (Å²) < 4.78 is 4.99. The molecule has 3 heterocycles. The van der Waals surface area contributed by atoms with Crippen molar-refractivity contribution in [2.45, 2.75) is 20.3 Å². The zero-order valence-corrected chi connectivity index (χ0v) is 17.4. The molecule has 1 saturated heterocycles. The molecule has 2 aromatic heterocycles. The summed E-state index contributed by atoms with van der Waals surface area (Å²) in [7, 11) is 0. The van der Waals surface area contributed by atoms with Gasteiger partial charge in [0.15, 0.2) is 0 Å². The first kappa shape index (κ1) is 19.4. The van der Waals surface area contributed by atoms with E-state index in [0.717, 1.165) is 21.1 Å². The van der Waals surface area contributed by atoms with Crippen molar-refractivity contribution in [1.82, 2.24) is 14.8 Å². The third-order valence-corrected chi connectivity index (χ3v) is 6.10. The highest BCUT2D eigenvalue weighted by Crippen LogP contribution is 2.29. The van der Waals surface area contributed by atoms with Crippen LogP contribution in [0.4, 0.5) is 0 Å². The molecule has 1 fully saturated rings. The normalized spacial score (nSPS) is 14.3. The second kappa shape index (κ2) is 8.21. The van der Waals surface area contributed by atoms with Crippen molar-refractivity contribution < 1.29 is 14.0 Å². The Balaban J connectivity index is 1.41. The summed E-state index contributed by atoms with van der Waals surface area (Å²) in [6.45, 7) is 6.17. The standard InChI is InChI=1S/C22H23N3O3S/c1-15-3-5-17(6-4-15)21-19(29-16(2)23-21)13-20(26)24-8-10-25(11-9-24)22(27)18-7-12-28-14-18/h3-7,12,14H,8-11,13H2,1-2H3. The maximum atomic E-state index is 12.9. The van der Waals surface area contributed by atoms with Gasteiger partial charge in [0.2, 0.25) is 5.91 Å². The SMILES string of the molecule is Cc1ccc(-c2nc(C)sc2CC(=O)N2CCN(C(=O)c3ccoc3)CC2)cc1. The van der Waals surface area contributed by atoms with Crippen LogP contribution < -0.4 is 0 Å². The number of hydrogen-bond acceptors (Lipinski definition) is 5. The lowest BCUT2D eigenvalue weighted by Crippen LogP contribution is -2.50. The first-order valence-electron chi connectivity index (χ1n) is 9.64. The van der Waals surface area contributed by atoms with Gasteiger partial charge in [0.1, 0.15) is 6.26 Å². The maximum Gasteiger partial charge on any atom is 0.257 e. The number of rotatable bonds is 4. The molecule has 150 valence electrons. The van der Waals surface area contributed by atoms with E-state index in [-0.39, 0.29) is 11.8 Å². The van der Waals surface area contributed by atoms with Gasteiger partial charge in [-0.15, -0.1) is 11.3 Å². The number of amides is 2. The molecule has 6 nitrogen and oxygen atoms in total. The average molecular weight is 410 g/mol. The number of piperazine rings is 1. The zero-order valence-electron chi connectivity index (χ0n) is 16.6. The summed E-state index contributed by atoms with van der Waals surface area (Å²) in [6.07, 6.45) is 3.29. The molecule has 0 saturated carbocycles. The lowest BCUT2D eigenvalue weighted by molar-refractivity contribution is -0.131. The lowest BCUT2D eigenvalue weighted by atomic mass is 10.1. The van der Waals surface area contributed by atoms with Crippen LogP contribution in [0.1, 0.15) is 25.8 Å². The molecule has 0 unspecified atom stereocenters. The maximum absolute atomic E-state index is 12.9. The van der Waals surface area contributed by atoms with E-state index >= 15 is 0 Å². The minimum Gasteiger partial charge on any atom is -0.472 e. The third-order valence-electron chi connectivity index (χ3n) is 5.13. The average Bonchev–Trinajstić information content (AvgIpc) is 3.38. The smallest absolute Gasteiger partial charge is 0.257 e. The van der Waals surface area contributed by atoms with Crippen LogP contribution in [0.3, 0.4) is 0 Å². The number of aromatic nitrogens is 1. The predicted molar refractivity (Wildman–Crippen MR) is 112 cm³/mol. The number of benzene rings is 1. The fourth-order valence-electron chi connectivity index (χ4n) is 3.50. The number of furan rings is 1. The number of carbonyl (C=O) groups excluding carboxylic acids is 2. The van der Waals surface area contributed by atoms with E-state index in [1.165, 1.54) is 18.1 Å². The molecule has 0 bridgehead atoms. The number of nitrogens with zero attached hydrogens (tertiary/aromatic N) is 3. The van der Waals surface area contributed by atoms with E-state index in [1.807, 2.05) is 11.8 Å². The molecule has 29 heavy (non-hydrogen) atoms. The van der Waals surface area contributed by atoms with Crippen LogP contribution in [-0.2, 0) is 11.2 Å². The monoisotopic (exact) mass is 409 g/mol. The minimum atomic E-state index is -0.0504. The Morgan fingerprint density at radius 3 is 2.38 bits per heavy atom. The molecule has 0 spiro atoms. The van der Waals surface area contributed by atoms with Crippen LogP contribution in [0.2, 0.25) is 0 Å². The van der Waals surface area contributed by atoms with Gasteiger partial charge in [-0.05, 0) is 19.9 Å². The Labute approximate surface area is 173 Å². The van der Waals surface area contributed by atoms with Crippen molar-refractivity contribution in [3.05, 3.63) is 63.9 Å². The molecule has 0 N–H and O–H groups in total. The van der Waals surface area contributed by atoms with Crippen molar-refractivity contribution in [2.24, 2.45) is 0 Å². The quantitative estimate of drug-likeness (QED) is 0.661. The molecule has 3 aromatic rings. The molecule has 2 amide bonds. The van der Waals surface area contributed by atoms with Crippen LogP contribution in [0.25, 0.3) is 11.3 Å². The number of carbonyl (C=O) groups is 2. The van der Waals surface area contributed by atoms with Gasteiger partial charge in [-0.3, -0.25) is 9.59 Å². The van der Waals surface area contributed by atoms with Gasteiger partial charge in [-0.2, -0.15) is 0 Å². The Hall–Kier alpha value is -2.93. The molecule has 0 atom stereocenters. The van der Waals surface area contributed by atoms with Gasteiger partial charge in [0.05, 0.1) is 28.9 Å². The van der Waals surface area contributed by atoms with Crippen LogP contribution >= 0.6 is 11.3 Å². The van der Waals surface area contributed by atoms with E-state index in [1.54, 1.807) is 22.3 Å². The van der Waals surface area contributed by atoms with Crippen molar-refractivity contribution in [1.29, 1.82) is 0 Å². The molecule has 1 aliphatic rings. The van der Waals surface area contributed by atoms with E-state index < -0.39 is 0 Å². The van der Waals surface area contributed by atoms with E-state index in [9.17, 15) is 9.59 Å². The van der Waals surface area contributed by atoms with Gasteiger partial charge in [0, 0.05) is 36.6 Å².